The molecule has 4 nitrogen and oxygen atoms in total. The van der Waals surface area contributed by atoms with Crippen LogP contribution in [0.25, 0.3) is 11.1 Å². The van der Waals surface area contributed by atoms with Crippen LogP contribution in [-0.4, -0.2) is 22.5 Å². The number of nitrogens with zero attached hydrogens (tertiary/aromatic N) is 1. The minimum Gasteiger partial charge on any atom is -0.493 e. The second kappa shape index (κ2) is 13.1. The van der Waals surface area contributed by atoms with Gasteiger partial charge in [-0.25, -0.2) is 0 Å². The molecule has 0 saturated carbocycles. The number of thiophene rings is 1. The predicted molar refractivity (Wildman–Crippen MR) is 147 cm³/mol. The molecule has 0 aliphatic rings. The molecule has 1 aromatic heterocycles. The molecule has 0 aliphatic carbocycles. The van der Waals surface area contributed by atoms with Crippen molar-refractivity contribution < 1.29 is 14.6 Å². The van der Waals surface area contributed by atoms with Crippen molar-refractivity contribution in [2.45, 2.75) is 45.4 Å². The number of unbranched alkanes of at least 4 members (excludes halogenated alkanes) is 3. The van der Waals surface area contributed by atoms with Gasteiger partial charge in [0.05, 0.1) is 13.2 Å². The monoisotopic (exact) mass is 499 g/mol. The molecule has 1 heterocycles. The molecule has 1 unspecified atom stereocenters. The number of amides is 1. The average molecular weight is 500 g/mol. The fourth-order valence-electron chi connectivity index (χ4n) is 4.14. The highest BCUT2D eigenvalue weighted by molar-refractivity contribution is 7.08. The molecule has 36 heavy (non-hydrogen) atoms. The zero-order chi connectivity index (χ0) is 25.2. The van der Waals surface area contributed by atoms with Gasteiger partial charge in [-0.15, -0.1) is 0 Å². The van der Waals surface area contributed by atoms with E-state index in [1.165, 1.54) is 17.7 Å². The summed E-state index contributed by atoms with van der Waals surface area (Å²) in [6.07, 6.45) is 3.42. The molecule has 0 bridgehead atoms. The highest BCUT2D eigenvalue weighted by Gasteiger charge is 2.26. The number of aliphatic hydroxyl groups is 1. The van der Waals surface area contributed by atoms with Crippen molar-refractivity contribution in [2.75, 3.05) is 6.61 Å². The minimum absolute atomic E-state index is 0.228. The van der Waals surface area contributed by atoms with Gasteiger partial charge in [-0.1, -0.05) is 86.8 Å². The van der Waals surface area contributed by atoms with Gasteiger partial charge in [-0.3, -0.25) is 4.79 Å². The van der Waals surface area contributed by atoms with Gasteiger partial charge in [0.1, 0.15) is 5.75 Å². The van der Waals surface area contributed by atoms with Crippen LogP contribution >= 0.6 is 11.3 Å². The third-order valence-corrected chi connectivity index (χ3v) is 6.89. The van der Waals surface area contributed by atoms with E-state index in [-0.39, 0.29) is 12.5 Å². The van der Waals surface area contributed by atoms with Crippen LogP contribution in [0.5, 0.6) is 5.75 Å². The van der Waals surface area contributed by atoms with Crippen LogP contribution in [0.2, 0.25) is 0 Å². The maximum Gasteiger partial charge on any atom is 0.256 e. The summed E-state index contributed by atoms with van der Waals surface area (Å²) < 4.78 is 6.09. The topological polar surface area (TPSA) is 49.8 Å². The Labute approximate surface area is 217 Å². The summed E-state index contributed by atoms with van der Waals surface area (Å²) in [6.45, 7) is 3.05. The van der Waals surface area contributed by atoms with Gasteiger partial charge in [0, 0.05) is 16.7 Å². The maximum atomic E-state index is 13.7. The molecule has 5 heteroatoms. The summed E-state index contributed by atoms with van der Waals surface area (Å²) in [7, 11) is 0. The van der Waals surface area contributed by atoms with Crippen molar-refractivity contribution in [1.29, 1.82) is 0 Å². The van der Waals surface area contributed by atoms with E-state index in [4.69, 9.17) is 4.74 Å². The van der Waals surface area contributed by atoms with Crippen LogP contribution in [0.1, 0.15) is 60.3 Å². The SMILES string of the molecule is CCCCCCOc1ccccc1CN(C(=O)c1ccc(-c2ccsc2)cc1)C(O)c1ccccc1. The first kappa shape index (κ1) is 25.7. The van der Waals surface area contributed by atoms with E-state index in [9.17, 15) is 9.90 Å². The van der Waals surface area contributed by atoms with Crippen LogP contribution in [0.3, 0.4) is 0 Å². The van der Waals surface area contributed by atoms with E-state index in [1.54, 1.807) is 11.3 Å². The van der Waals surface area contributed by atoms with Gasteiger partial charge in [-0.05, 0) is 52.6 Å². The smallest absolute Gasteiger partial charge is 0.256 e. The molecule has 4 rings (SSSR count). The van der Waals surface area contributed by atoms with Crippen molar-refractivity contribution >= 4 is 17.2 Å². The van der Waals surface area contributed by atoms with Gasteiger partial charge < -0.3 is 14.7 Å². The number of rotatable bonds is 12. The Bertz CT molecular complexity index is 1210. The lowest BCUT2D eigenvalue weighted by Gasteiger charge is -2.29. The van der Waals surface area contributed by atoms with Crippen LogP contribution in [0, 0.1) is 0 Å². The lowest BCUT2D eigenvalue weighted by atomic mass is 10.0. The highest BCUT2D eigenvalue weighted by Crippen LogP contribution is 2.28. The summed E-state index contributed by atoms with van der Waals surface area (Å²) >= 11 is 1.64. The van der Waals surface area contributed by atoms with Gasteiger partial charge >= 0.3 is 0 Å². The second-order valence-corrected chi connectivity index (χ2v) is 9.60. The number of benzene rings is 3. The highest BCUT2D eigenvalue weighted by atomic mass is 32.1. The molecule has 4 aromatic rings. The van der Waals surface area contributed by atoms with Crippen molar-refractivity contribution in [2.24, 2.45) is 0 Å². The van der Waals surface area contributed by atoms with E-state index in [1.807, 2.05) is 84.2 Å². The molecule has 0 fully saturated rings. The molecule has 1 amide bonds. The van der Waals surface area contributed by atoms with Crippen LogP contribution < -0.4 is 4.74 Å². The normalized spacial score (nSPS) is 11.7. The van der Waals surface area contributed by atoms with E-state index in [2.05, 4.69) is 18.4 Å². The number of carbonyl (C=O) groups excluding carboxylic acids is 1. The zero-order valence-electron chi connectivity index (χ0n) is 20.7. The fourth-order valence-corrected chi connectivity index (χ4v) is 4.81. The standard InChI is InChI=1S/C31H33NO3S/c1-2-3-4-10-20-35-29-14-9-8-13-27(29)22-32(30(33)25-11-6-5-7-12-25)31(34)26-17-15-24(16-18-26)28-19-21-36-23-28/h5-9,11-19,21,23,30,33H,2-4,10,20,22H2,1H3. The summed E-state index contributed by atoms with van der Waals surface area (Å²) in [6, 6.07) is 26.7. The molecular formula is C31H33NO3S. The Morgan fingerprint density at radius 2 is 1.64 bits per heavy atom. The first-order valence-corrected chi connectivity index (χ1v) is 13.5. The third kappa shape index (κ3) is 6.62. The summed E-state index contributed by atoms with van der Waals surface area (Å²) in [5, 5.41) is 15.4. The lowest BCUT2D eigenvalue weighted by Crippen LogP contribution is -2.34. The van der Waals surface area contributed by atoms with E-state index in [0.717, 1.165) is 35.3 Å². The van der Waals surface area contributed by atoms with Crippen LogP contribution in [-0.2, 0) is 6.54 Å². The minimum atomic E-state index is -1.09. The van der Waals surface area contributed by atoms with Crippen molar-refractivity contribution in [3.05, 3.63) is 112 Å². The third-order valence-electron chi connectivity index (χ3n) is 6.21. The van der Waals surface area contributed by atoms with E-state index >= 15 is 0 Å². The summed E-state index contributed by atoms with van der Waals surface area (Å²) in [5.74, 6) is 0.515. The number of hydrogen-bond donors (Lipinski definition) is 1. The largest absolute Gasteiger partial charge is 0.493 e. The van der Waals surface area contributed by atoms with Gasteiger partial charge in [0.25, 0.3) is 5.91 Å². The van der Waals surface area contributed by atoms with Crippen molar-refractivity contribution in [3.63, 3.8) is 0 Å². The Hall–Kier alpha value is -3.41. The van der Waals surface area contributed by atoms with E-state index < -0.39 is 6.23 Å². The van der Waals surface area contributed by atoms with Gasteiger partial charge in [0.2, 0.25) is 0 Å². The molecule has 0 aliphatic heterocycles. The van der Waals surface area contributed by atoms with Crippen LogP contribution in [0.15, 0.2) is 95.7 Å². The van der Waals surface area contributed by atoms with Gasteiger partial charge in [0.15, 0.2) is 6.23 Å². The molecule has 1 atom stereocenters. The number of aliphatic hydroxyl groups excluding tert-OH is 1. The summed E-state index contributed by atoms with van der Waals surface area (Å²) in [5.41, 5.74) is 4.25. The van der Waals surface area contributed by atoms with Gasteiger partial charge in [-0.2, -0.15) is 11.3 Å². The Kier molecular flexibility index (Phi) is 9.31. The lowest BCUT2D eigenvalue weighted by molar-refractivity contribution is 0.00198. The summed E-state index contributed by atoms with van der Waals surface area (Å²) in [4.78, 5) is 15.2. The molecule has 3 aromatic carbocycles. The Morgan fingerprint density at radius 1 is 0.889 bits per heavy atom. The maximum absolute atomic E-state index is 13.7. The fraction of sp³-hybridized carbons (Fsp3) is 0.258. The average Bonchev–Trinajstić information content (AvgIpc) is 3.47. The van der Waals surface area contributed by atoms with Crippen molar-refractivity contribution in [1.82, 2.24) is 4.90 Å². The second-order valence-electron chi connectivity index (χ2n) is 8.82. The zero-order valence-corrected chi connectivity index (χ0v) is 21.5. The molecule has 186 valence electrons. The molecule has 0 spiro atoms. The molecule has 0 radical (unpaired) electrons. The Morgan fingerprint density at radius 3 is 2.36 bits per heavy atom. The predicted octanol–water partition coefficient (Wildman–Crippen LogP) is 7.71. The number of ether oxygens (including phenoxy) is 1. The number of carbonyl (C=O) groups is 1. The first-order chi connectivity index (χ1) is 17.7. The molecule has 0 saturated heterocycles. The van der Waals surface area contributed by atoms with Crippen molar-refractivity contribution in [3.8, 4) is 16.9 Å². The molecular weight excluding hydrogens is 466 g/mol. The van der Waals surface area contributed by atoms with E-state index in [0.29, 0.717) is 17.7 Å². The molecule has 1 N–H and O–H groups in total. The quantitative estimate of drug-likeness (QED) is 0.160. The first-order valence-electron chi connectivity index (χ1n) is 12.5. The van der Waals surface area contributed by atoms with Crippen LogP contribution in [0.4, 0.5) is 0 Å². The number of para-hydroxylation sites is 1. The Balaban J connectivity index is 1.58. The number of hydrogen-bond acceptors (Lipinski definition) is 4.